The number of rotatable bonds is 6. The van der Waals surface area contributed by atoms with E-state index in [0.717, 1.165) is 0 Å². The molecule has 0 saturated carbocycles. The molecule has 0 spiro atoms. The van der Waals surface area contributed by atoms with E-state index in [-0.39, 0.29) is 16.5 Å². The minimum absolute atomic E-state index is 0.103. The largest absolute Gasteiger partial charge is 0.493 e. The number of esters is 1. The number of methoxy groups -OCH3 is 2. The molecule has 0 unspecified atom stereocenters. The van der Waals surface area contributed by atoms with E-state index in [1.807, 2.05) is 0 Å². The van der Waals surface area contributed by atoms with Crippen LogP contribution in [0.15, 0.2) is 42.5 Å². The highest BCUT2D eigenvalue weighted by Crippen LogP contribution is 2.37. The summed E-state index contributed by atoms with van der Waals surface area (Å²) < 4.78 is 15.5. The van der Waals surface area contributed by atoms with Gasteiger partial charge in [0, 0.05) is 18.2 Å². The van der Waals surface area contributed by atoms with Crippen molar-refractivity contribution in [1.29, 1.82) is 0 Å². The Hall–Kier alpha value is -3.06. The molecule has 0 atom stereocenters. The maximum Gasteiger partial charge on any atom is 0.330 e. The van der Waals surface area contributed by atoms with Crippen LogP contribution in [0.2, 0.25) is 5.02 Å². The highest BCUT2D eigenvalue weighted by Gasteiger charge is 2.13. The first-order chi connectivity index (χ1) is 11.9. The molecule has 0 radical (unpaired) electrons. The van der Waals surface area contributed by atoms with Crippen LogP contribution in [0, 0.1) is 10.1 Å². The summed E-state index contributed by atoms with van der Waals surface area (Å²) in [6.45, 7) is 0. The van der Waals surface area contributed by atoms with Gasteiger partial charge in [-0.15, -0.1) is 0 Å². The number of non-ortho nitro benzene ring substituents is 1. The zero-order chi connectivity index (χ0) is 18.4. The predicted octanol–water partition coefficient (Wildman–Crippen LogP) is 4.24. The fourth-order valence-electron chi connectivity index (χ4n) is 1.91. The predicted molar refractivity (Wildman–Crippen MR) is 92.2 cm³/mol. The number of hydrogen-bond acceptors (Lipinski definition) is 6. The van der Waals surface area contributed by atoms with Crippen molar-refractivity contribution in [2.75, 3.05) is 14.2 Å². The summed E-state index contributed by atoms with van der Waals surface area (Å²) in [5.41, 5.74) is 0.567. The minimum atomic E-state index is -0.543. The lowest BCUT2D eigenvalue weighted by Crippen LogP contribution is -1.94. The molecular formula is C17H14ClNO6. The van der Waals surface area contributed by atoms with Crippen molar-refractivity contribution in [1.82, 2.24) is 0 Å². The van der Waals surface area contributed by atoms with Crippen molar-refractivity contribution in [3.05, 3.63) is 63.2 Å². The monoisotopic (exact) mass is 363 g/mol. The Labute approximate surface area is 148 Å². The van der Waals surface area contributed by atoms with Gasteiger partial charge in [0.05, 0.1) is 24.2 Å². The first kappa shape index (κ1) is 18.3. The van der Waals surface area contributed by atoms with E-state index in [1.165, 1.54) is 38.5 Å². The maximum absolute atomic E-state index is 11.1. The summed E-state index contributed by atoms with van der Waals surface area (Å²) in [6, 6.07) is 8.90. The molecule has 8 heteroatoms. The number of benzene rings is 2. The van der Waals surface area contributed by atoms with E-state index in [9.17, 15) is 14.9 Å². The maximum atomic E-state index is 11.1. The molecule has 0 N–H and O–H groups in total. The molecule has 7 nitrogen and oxygen atoms in total. The van der Waals surface area contributed by atoms with Crippen LogP contribution < -0.4 is 9.47 Å². The molecule has 2 aromatic rings. The van der Waals surface area contributed by atoms with Gasteiger partial charge in [-0.2, -0.15) is 0 Å². The molecule has 0 aliphatic heterocycles. The Morgan fingerprint density at radius 1 is 1.12 bits per heavy atom. The quantitative estimate of drug-likeness (QED) is 0.330. The molecule has 2 aromatic carbocycles. The fourth-order valence-corrected chi connectivity index (χ4v) is 2.12. The van der Waals surface area contributed by atoms with E-state index in [0.29, 0.717) is 17.1 Å². The lowest BCUT2D eigenvalue weighted by atomic mass is 10.2. The Bertz CT molecular complexity index is 834. The Kier molecular flexibility index (Phi) is 5.97. The van der Waals surface area contributed by atoms with Crippen LogP contribution in [0.5, 0.6) is 17.2 Å². The van der Waals surface area contributed by atoms with Gasteiger partial charge in [0.25, 0.3) is 5.69 Å². The fraction of sp³-hybridized carbons (Fsp3) is 0.118. The lowest BCUT2D eigenvalue weighted by molar-refractivity contribution is -0.384. The number of halogens is 1. The van der Waals surface area contributed by atoms with Crippen LogP contribution in [-0.2, 0) is 9.53 Å². The summed E-state index contributed by atoms with van der Waals surface area (Å²) in [5, 5.41) is 10.8. The molecule has 0 aromatic heterocycles. The third-order valence-corrected chi connectivity index (χ3v) is 3.44. The number of ether oxygens (including phenoxy) is 3. The Balaban J connectivity index is 2.26. The molecule has 2 rings (SSSR count). The second kappa shape index (κ2) is 8.16. The zero-order valence-corrected chi connectivity index (χ0v) is 14.1. The molecule has 0 heterocycles. The van der Waals surface area contributed by atoms with Crippen molar-refractivity contribution in [3.8, 4) is 17.2 Å². The molecule has 0 fully saturated rings. The van der Waals surface area contributed by atoms with Gasteiger partial charge in [0.15, 0.2) is 11.5 Å². The van der Waals surface area contributed by atoms with Gasteiger partial charge in [0.1, 0.15) is 5.75 Å². The molecule has 0 aliphatic rings. The second-order valence-corrected chi connectivity index (χ2v) is 5.15. The van der Waals surface area contributed by atoms with E-state index in [2.05, 4.69) is 4.74 Å². The van der Waals surface area contributed by atoms with Crippen molar-refractivity contribution in [2.24, 2.45) is 0 Å². The Morgan fingerprint density at radius 3 is 2.44 bits per heavy atom. The summed E-state index contributed by atoms with van der Waals surface area (Å²) in [4.78, 5) is 21.3. The molecule has 0 amide bonds. The van der Waals surface area contributed by atoms with Crippen molar-refractivity contribution < 1.29 is 23.9 Å². The normalized spacial score (nSPS) is 10.5. The van der Waals surface area contributed by atoms with Crippen LogP contribution in [0.1, 0.15) is 5.56 Å². The van der Waals surface area contributed by atoms with E-state index < -0.39 is 10.9 Å². The van der Waals surface area contributed by atoms with Gasteiger partial charge in [-0.25, -0.2) is 4.79 Å². The first-order valence-corrected chi connectivity index (χ1v) is 7.38. The van der Waals surface area contributed by atoms with Gasteiger partial charge in [-0.05, 0) is 29.8 Å². The summed E-state index contributed by atoms with van der Waals surface area (Å²) >= 11 is 6.02. The number of nitro groups is 1. The van der Waals surface area contributed by atoms with Crippen molar-refractivity contribution in [3.63, 3.8) is 0 Å². The topological polar surface area (TPSA) is 87.9 Å². The van der Waals surface area contributed by atoms with E-state index >= 15 is 0 Å². The van der Waals surface area contributed by atoms with Gasteiger partial charge in [-0.1, -0.05) is 17.7 Å². The van der Waals surface area contributed by atoms with Crippen LogP contribution in [-0.4, -0.2) is 25.1 Å². The summed E-state index contributed by atoms with van der Waals surface area (Å²) in [5.74, 6) is 0.551. The van der Waals surface area contributed by atoms with E-state index in [4.69, 9.17) is 21.1 Å². The summed E-state index contributed by atoms with van der Waals surface area (Å²) in [6.07, 6.45) is 2.85. The Morgan fingerprint density at radius 2 is 1.84 bits per heavy atom. The lowest BCUT2D eigenvalue weighted by Gasteiger charge is -2.12. The zero-order valence-electron chi connectivity index (χ0n) is 13.4. The number of carbonyl (C=O) groups excluding carboxylic acids is 1. The SMILES string of the molecule is COC(=O)C=Cc1ccc(Oc2ccc([N+](=O)[O-])cc2Cl)c(OC)c1. The highest BCUT2D eigenvalue weighted by atomic mass is 35.5. The van der Waals surface area contributed by atoms with Crippen LogP contribution in [0.4, 0.5) is 5.69 Å². The average molecular weight is 364 g/mol. The minimum Gasteiger partial charge on any atom is -0.493 e. The first-order valence-electron chi connectivity index (χ1n) is 7.00. The molecule has 25 heavy (non-hydrogen) atoms. The molecule has 130 valence electrons. The summed E-state index contributed by atoms with van der Waals surface area (Å²) in [7, 11) is 2.76. The number of nitro benzene ring substituents is 1. The third kappa shape index (κ3) is 4.71. The number of nitrogens with zero attached hydrogens (tertiary/aromatic N) is 1. The molecule has 0 aliphatic carbocycles. The standard InChI is InChI=1S/C17H14ClNO6/c1-23-16-9-11(4-8-17(20)24-2)3-6-15(16)25-14-7-5-12(19(21)22)10-13(14)18/h3-10H,1-2H3. The van der Waals surface area contributed by atoms with Gasteiger partial charge in [-0.3, -0.25) is 10.1 Å². The van der Waals surface area contributed by atoms with Crippen LogP contribution >= 0.6 is 11.6 Å². The third-order valence-electron chi connectivity index (χ3n) is 3.15. The number of hydrogen-bond donors (Lipinski definition) is 0. The van der Waals surface area contributed by atoms with Gasteiger partial charge in [0.2, 0.25) is 0 Å². The van der Waals surface area contributed by atoms with Gasteiger partial charge >= 0.3 is 5.97 Å². The number of carbonyl (C=O) groups is 1. The van der Waals surface area contributed by atoms with Crippen molar-refractivity contribution >= 4 is 29.3 Å². The highest BCUT2D eigenvalue weighted by molar-refractivity contribution is 6.32. The molecule has 0 saturated heterocycles. The average Bonchev–Trinajstić information content (AvgIpc) is 2.61. The molecular weight excluding hydrogens is 350 g/mol. The van der Waals surface area contributed by atoms with E-state index in [1.54, 1.807) is 24.3 Å². The second-order valence-electron chi connectivity index (χ2n) is 4.74. The van der Waals surface area contributed by atoms with Crippen LogP contribution in [0.3, 0.4) is 0 Å². The van der Waals surface area contributed by atoms with Crippen LogP contribution in [0.25, 0.3) is 6.08 Å². The van der Waals surface area contributed by atoms with Crippen molar-refractivity contribution in [2.45, 2.75) is 0 Å². The molecule has 0 bridgehead atoms. The van der Waals surface area contributed by atoms with Gasteiger partial charge < -0.3 is 14.2 Å². The smallest absolute Gasteiger partial charge is 0.330 e.